The molecule has 0 aliphatic rings. The Morgan fingerprint density at radius 1 is 1.30 bits per heavy atom. The zero-order valence-electron chi connectivity index (χ0n) is 13.8. The first-order valence-corrected chi connectivity index (χ1v) is 8.13. The van der Waals surface area contributed by atoms with E-state index < -0.39 is 0 Å². The number of nitrogens with one attached hydrogen (secondary N) is 1. The molecule has 0 fully saturated rings. The Balaban J connectivity index is 2.13. The van der Waals surface area contributed by atoms with Gasteiger partial charge in [0.1, 0.15) is 5.69 Å². The van der Waals surface area contributed by atoms with Gasteiger partial charge in [0, 0.05) is 36.2 Å². The van der Waals surface area contributed by atoms with Gasteiger partial charge in [0.25, 0.3) is 5.91 Å². The fraction of sp³-hybridized carbons (Fsp3) is 0.333. The second-order valence-corrected chi connectivity index (χ2v) is 6.02. The minimum atomic E-state index is -0.221. The fourth-order valence-electron chi connectivity index (χ4n) is 2.26. The van der Waals surface area contributed by atoms with Crippen LogP contribution in [0.2, 0.25) is 5.02 Å². The number of pyridine rings is 1. The zero-order chi connectivity index (χ0) is 16.8. The number of amides is 1. The lowest BCUT2D eigenvalue weighted by molar-refractivity contribution is 0.102. The molecule has 4 nitrogen and oxygen atoms in total. The lowest BCUT2D eigenvalue weighted by Gasteiger charge is -2.19. The SMILES string of the molecule is CCCCN(C)c1ccnc(C(=O)Nc2ccc(Cl)cc2C)c1. The van der Waals surface area contributed by atoms with Gasteiger partial charge in [-0.05, 0) is 49.2 Å². The summed E-state index contributed by atoms with van der Waals surface area (Å²) in [6.45, 7) is 5.02. The monoisotopic (exact) mass is 331 g/mol. The maximum atomic E-state index is 12.4. The van der Waals surface area contributed by atoms with E-state index in [0.29, 0.717) is 10.7 Å². The van der Waals surface area contributed by atoms with Crippen molar-refractivity contribution in [2.75, 3.05) is 23.8 Å². The summed E-state index contributed by atoms with van der Waals surface area (Å²) >= 11 is 5.94. The number of halogens is 1. The smallest absolute Gasteiger partial charge is 0.274 e. The molecule has 122 valence electrons. The molecule has 1 amide bonds. The van der Waals surface area contributed by atoms with Crippen molar-refractivity contribution in [3.8, 4) is 0 Å². The fourth-order valence-corrected chi connectivity index (χ4v) is 2.49. The van der Waals surface area contributed by atoms with Gasteiger partial charge in [-0.3, -0.25) is 9.78 Å². The van der Waals surface area contributed by atoms with Crippen molar-refractivity contribution >= 4 is 28.9 Å². The highest BCUT2D eigenvalue weighted by atomic mass is 35.5. The molecule has 0 saturated heterocycles. The Labute approximate surface area is 142 Å². The third kappa shape index (κ3) is 4.70. The normalized spacial score (nSPS) is 10.4. The van der Waals surface area contributed by atoms with E-state index in [4.69, 9.17) is 11.6 Å². The lowest BCUT2D eigenvalue weighted by atomic mass is 10.2. The third-order valence-corrected chi connectivity index (χ3v) is 3.94. The minimum Gasteiger partial charge on any atom is -0.374 e. The van der Waals surface area contributed by atoms with Crippen molar-refractivity contribution in [2.45, 2.75) is 26.7 Å². The molecule has 0 aliphatic carbocycles. The van der Waals surface area contributed by atoms with Gasteiger partial charge in [0.2, 0.25) is 0 Å². The summed E-state index contributed by atoms with van der Waals surface area (Å²) in [4.78, 5) is 18.7. The van der Waals surface area contributed by atoms with Gasteiger partial charge >= 0.3 is 0 Å². The number of nitrogens with zero attached hydrogens (tertiary/aromatic N) is 2. The quantitative estimate of drug-likeness (QED) is 0.845. The summed E-state index contributed by atoms with van der Waals surface area (Å²) in [6, 6.07) is 9.11. The maximum absolute atomic E-state index is 12.4. The molecule has 0 spiro atoms. The molecule has 0 saturated carbocycles. The van der Waals surface area contributed by atoms with Crippen molar-refractivity contribution in [3.05, 3.63) is 52.8 Å². The molecule has 0 radical (unpaired) electrons. The Morgan fingerprint density at radius 2 is 2.09 bits per heavy atom. The number of carbonyl (C=O) groups is 1. The standard InChI is InChI=1S/C18H22ClN3O/c1-4-5-10-22(3)15-8-9-20-17(12-15)18(23)21-16-7-6-14(19)11-13(16)2/h6-9,11-12H,4-5,10H2,1-3H3,(H,21,23). The molecule has 2 aromatic rings. The number of anilines is 2. The number of hydrogen-bond donors (Lipinski definition) is 1. The molecule has 1 heterocycles. The van der Waals surface area contributed by atoms with Gasteiger partial charge in [-0.15, -0.1) is 0 Å². The first-order chi connectivity index (χ1) is 11.0. The number of benzene rings is 1. The highest BCUT2D eigenvalue weighted by Gasteiger charge is 2.11. The molecular formula is C18H22ClN3O. The maximum Gasteiger partial charge on any atom is 0.274 e. The third-order valence-electron chi connectivity index (χ3n) is 3.70. The van der Waals surface area contributed by atoms with Crippen LogP contribution in [0.1, 0.15) is 35.8 Å². The average Bonchev–Trinajstić information content (AvgIpc) is 2.55. The van der Waals surface area contributed by atoms with Crippen molar-refractivity contribution in [1.29, 1.82) is 0 Å². The Hall–Kier alpha value is -2.07. The van der Waals surface area contributed by atoms with Crippen LogP contribution in [0.15, 0.2) is 36.5 Å². The van der Waals surface area contributed by atoms with Crippen LogP contribution in [-0.2, 0) is 0 Å². The van der Waals surface area contributed by atoms with E-state index in [9.17, 15) is 4.79 Å². The van der Waals surface area contributed by atoms with Crippen LogP contribution in [0.3, 0.4) is 0 Å². The number of aryl methyl sites for hydroxylation is 1. The van der Waals surface area contributed by atoms with Gasteiger partial charge < -0.3 is 10.2 Å². The van der Waals surface area contributed by atoms with Crippen LogP contribution in [-0.4, -0.2) is 24.5 Å². The molecule has 0 aliphatic heterocycles. The number of hydrogen-bond acceptors (Lipinski definition) is 3. The van der Waals surface area contributed by atoms with E-state index in [1.54, 1.807) is 18.3 Å². The van der Waals surface area contributed by atoms with E-state index in [1.165, 1.54) is 0 Å². The van der Waals surface area contributed by atoms with Crippen LogP contribution in [0.5, 0.6) is 0 Å². The number of aromatic nitrogens is 1. The summed E-state index contributed by atoms with van der Waals surface area (Å²) in [5.41, 5.74) is 3.06. The van der Waals surface area contributed by atoms with Crippen molar-refractivity contribution in [2.24, 2.45) is 0 Å². The number of unbranched alkanes of at least 4 members (excludes halogenated alkanes) is 1. The summed E-state index contributed by atoms with van der Waals surface area (Å²) < 4.78 is 0. The summed E-state index contributed by atoms with van der Waals surface area (Å²) in [6.07, 6.45) is 3.92. The van der Waals surface area contributed by atoms with E-state index >= 15 is 0 Å². The van der Waals surface area contributed by atoms with Crippen molar-refractivity contribution in [1.82, 2.24) is 4.98 Å². The summed E-state index contributed by atoms with van der Waals surface area (Å²) in [5, 5.41) is 3.54. The van der Waals surface area contributed by atoms with Gasteiger partial charge in [-0.1, -0.05) is 24.9 Å². The minimum absolute atomic E-state index is 0.221. The molecule has 1 N–H and O–H groups in total. The first-order valence-electron chi connectivity index (χ1n) is 7.76. The largest absolute Gasteiger partial charge is 0.374 e. The topological polar surface area (TPSA) is 45.2 Å². The van der Waals surface area contributed by atoms with Crippen LogP contribution >= 0.6 is 11.6 Å². The first kappa shape index (κ1) is 17.3. The molecule has 5 heteroatoms. The van der Waals surface area contributed by atoms with Gasteiger partial charge in [-0.2, -0.15) is 0 Å². The Kier molecular flexibility index (Phi) is 5.99. The van der Waals surface area contributed by atoms with Gasteiger partial charge in [-0.25, -0.2) is 0 Å². The van der Waals surface area contributed by atoms with Crippen LogP contribution < -0.4 is 10.2 Å². The summed E-state index contributed by atoms with van der Waals surface area (Å²) in [7, 11) is 2.02. The predicted octanol–water partition coefficient (Wildman–Crippen LogP) is 4.53. The molecule has 0 unspecified atom stereocenters. The Morgan fingerprint density at radius 3 is 2.78 bits per heavy atom. The highest BCUT2D eigenvalue weighted by Crippen LogP contribution is 2.21. The summed E-state index contributed by atoms with van der Waals surface area (Å²) in [5.74, 6) is -0.221. The predicted molar refractivity (Wildman–Crippen MR) is 96.6 cm³/mol. The zero-order valence-corrected chi connectivity index (χ0v) is 14.5. The second-order valence-electron chi connectivity index (χ2n) is 5.59. The van der Waals surface area contributed by atoms with Crippen LogP contribution in [0, 0.1) is 6.92 Å². The van der Waals surface area contributed by atoms with Crippen LogP contribution in [0.25, 0.3) is 0 Å². The van der Waals surface area contributed by atoms with E-state index in [1.807, 2.05) is 32.2 Å². The van der Waals surface area contributed by atoms with Crippen LogP contribution in [0.4, 0.5) is 11.4 Å². The number of rotatable bonds is 6. The molecule has 1 aromatic heterocycles. The molecular weight excluding hydrogens is 310 g/mol. The lowest BCUT2D eigenvalue weighted by Crippen LogP contribution is -2.20. The van der Waals surface area contributed by atoms with Gasteiger partial charge in [0.05, 0.1) is 0 Å². The second kappa shape index (κ2) is 7.97. The van der Waals surface area contributed by atoms with Crippen molar-refractivity contribution < 1.29 is 4.79 Å². The van der Waals surface area contributed by atoms with E-state index in [2.05, 4.69) is 22.1 Å². The molecule has 0 atom stereocenters. The molecule has 23 heavy (non-hydrogen) atoms. The average molecular weight is 332 g/mol. The van der Waals surface area contributed by atoms with E-state index in [0.717, 1.165) is 36.3 Å². The van der Waals surface area contributed by atoms with Crippen molar-refractivity contribution in [3.63, 3.8) is 0 Å². The molecule has 1 aromatic carbocycles. The number of carbonyl (C=O) groups excluding carboxylic acids is 1. The van der Waals surface area contributed by atoms with E-state index in [-0.39, 0.29) is 5.91 Å². The van der Waals surface area contributed by atoms with Gasteiger partial charge in [0.15, 0.2) is 0 Å². The molecule has 2 rings (SSSR count). The highest BCUT2D eigenvalue weighted by molar-refractivity contribution is 6.30. The Bertz CT molecular complexity index is 688. The molecule has 0 bridgehead atoms.